The Morgan fingerprint density at radius 2 is 1.96 bits per heavy atom. The van der Waals surface area contributed by atoms with Crippen LogP contribution in [-0.4, -0.2) is 10.1 Å². The smallest absolute Gasteiger partial charge is 0.185 e. The monoisotopic (exact) mass is 335 g/mol. The highest BCUT2D eigenvalue weighted by atomic mass is 19.1. The summed E-state index contributed by atoms with van der Waals surface area (Å²) in [5, 5.41) is 7.91. The molecule has 0 radical (unpaired) electrons. The van der Waals surface area contributed by atoms with Gasteiger partial charge in [0.1, 0.15) is 23.6 Å². The van der Waals surface area contributed by atoms with E-state index in [9.17, 15) is 4.39 Å². The Kier molecular flexibility index (Phi) is 4.00. The van der Waals surface area contributed by atoms with Crippen molar-refractivity contribution < 1.29 is 13.7 Å². The predicted molar refractivity (Wildman–Crippen MR) is 92.3 cm³/mol. The normalized spacial score (nSPS) is 10.8. The van der Waals surface area contributed by atoms with E-state index in [0.717, 1.165) is 5.69 Å². The molecule has 25 heavy (non-hydrogen) atoms. The van der Waals surface area contributed by atoms with E-state index in [2.05, 4.69) is 15.5 Å². The maximum atomic E-state index is 13.8. The zero-order valence-electron chi connectivity index (χ0n) is 13.1. The van der Waals surface area contributed by atoms with E-state index in [0.29, 0.717) is 28.1 Å². The molecule has 4 aromatic rings. The van der Waals surface area contributed by atoms with Crippen LogP contribution in [0, 0.1) is 5.82 Å². The zero-order valence-corrected chi connectivity index (χ0v) is 13.1. The third-order valence-corrected chi connectivity index (χ3v) is 3.73. The Hall–Kier alpha value is -3.41. The van der Waals surface area contributed by atoms with Crippen molar-refractivity contribution in [2.24, 2.45) is 0 Å². The van der Waals surface area contributed by atoms with Crippen molar-refractivity contribution >= 4 is 22.5 Å². The highest BCUT2D eigenvalue weighted by Crippen LogP contribution is 2.34. The third kappa shape index (κ3) is 3.14. The minimum absolute atomic E-state index is 0.114. The molecule has 0 unspecified atom stereocenters. The number of hydrogen-bond acceptors (Lipinski definition) is 5. The molecule has 0 atom stereocenters. The second-order valence-electron chi connectivity index (χ2n) is 5.41. The fourth-order valence-corrected chi connectivity index (χ4v) is 2.51. The summed E-state index contributed by atoms with van der Waals surface area (Å²) >= 11 is 0. The van der Waals surface area contributed by atoms with Gasteiger partial charge >= 0.3 is 0 Å². The topological polar surface area (TPSA) is 60.2 Å². The molecule has 0 amide bonds. The largest absolute Gasteiger partial charge is 0.488 e. The number of fused-ring (bicyclic) bond motifs is 1. The SMILES string of the molecule is Fc1ccccc1COc1cccc2onc(Nc3cccnc3)c12. The van der Waals surface area contributed by atoms with Crippen molar-refractivity contribution in [2.45, 2.75) is 6.61 Å². The number of benzene rings is 2. The average molecular weight is 335 g/mol. The molecule has 0 saturated carbocycles. The molecule has 0 aliphatic heterocycles. The number of aromatic nitrogens is 2. The molecule has 0 bridgehead atoms. The average Bonchev–Trinajstić information content (AvgIpc) is 3.05. The summed E-state index contributed by atoms with van der Waals surface area (Å²) in [6.07, 6.45) is 3.37. The predicted octanol–water partition coefficient (Wildman–Crippen LogP) is 4.68. The lowest BCUT2D eigenvalue weighted by Gasteiger charge is -2.09. The lowest BCUT2D eigenvalue weighted by Crippen LogP contribution is -1.99. The number of ether oxygens (including phenoxy) is 1. The first-order chi connectivity index (χ1) is 12.3. The number of anilines is 2. The van der Waals surface area contributed by atoms with Gasteiger partial charge in [0, 0.05) is 11.8 Å². The van der Waals surface area contributed by atoms with Crippen molar-refractivity contribution in [1.29, 1.82) is 0 Å². The molecule has 6 heteroatoms. The van der Waals surface area contributed by atoms with Gasteiger partial charge in [0.25, 0.3) is 0 Å². The molecule has 2 aromatic carbocycles. The van der Waals surface area contributed by atoms with Crippen molar-refractivity contribution in [3.05, 3.63) is 78.4 Å². The van der Waals surface area contributed by atoms with Gasteiger partial charge in [0.15, 0.2) is 11.4 Å². The van der Waals surface area contributed by atoms with Crippen LogP contribution in [0.2, 0.25) is 0 Å². The van der Waals surface area contributed by atoms with E-state index < -0.39 is 0 Å². The molecule has 4 rings (SSSR count). The Balaban J connectivity index is 1.65. The number of halogens is 1. The number of nitrogens with zero attached hydrogens (tertiary/aromatic N) is 2. The van der Waals surface area contributed by atoms with Crippen molar-refractivity contribution in [2.75, 3.05) is 5.32 Å². The van der Waals surface area contributed by atoms with Gasteiger partial charge in [-0.2, -0.15) is 0 Å². The summed E-state index contributed by atoms with van der Waals surface area (Å²) in [7, 11) is 0. The van der Waals surface area contributed by atoms with Crippen LogP contribution in [0.3, 0.4) is 0 Å². The van der Waals surface area contributed by atoms with Gasteiger partial charge in [-0.25, -0.2) is 4.39 Å². The summed E-state index contributed by atoms with van der Waals surface area (Å²) in [4.78, 5) is 4.06. The van der Waals surface area contributed by atoms with Crippen LogP contribution >= 0.6 is 0 Å². The molecule has 0 fully saturated rings. The van der Waals surface area contributed by atoms with Crippen molar-refractivity contribution in [3.63, 3.8) is 0 Å². The van der Waals surface area contributed by atoms with E-state index in [1.165, 1.54) is 6.07 Å². The highest BCUT2D eigenvalue weighted by molar-refractivity contribution is 5.95. The van der Waals surface area contributed by atoms with Crippen LogP contribution in [0.1, 0.15) is 5.56 Å². The highest BCUT2D eigenvalue weighted by Gasteiger charge is 2.14. The van der Waals surface area contributed by atoms with Gasteiger partial charge in [-0.15, -0.1) is 0 Å². The number of nitrogens with one attached hydrogen (secondary N) is 1. The Morgan fingerprint density at radius 3 is 2.80 bits per heavy atom. The standard InChI is InChI=1S/C19H14FN3O2/c20-15-7-2-1-5-13(15)12-24-16-8-3-9-17-18(16)19(23-25-17)22-14-6-4-10-21-11-14/h1-11H,12H2,(H,22,23). The minimum Gasteiger partial charge on any atom is -0.488 e. The van der Waals surface area contributed by atoms with Crippen molar-refractivity contribution in [3.8, 4) is 5.75 Å². The van der Waals surface area contributed by atoms with Gasteiger partial charge in [-0.05, 0) is 30.3 Å². The molecule has 0 aliphatic rings. The van der Waals surface area contributed by atoms with Crippen LogP contribution in [-0.2, 0) is 6.61 Å². The molecule has 0 aliphatic carbocycles. The molecule has 1 N–H and O–H groups in total. The first kappa shape index (κ1) is 15.1. The molecule has 124 valence electrons. The summed E-state index contributed by atoms with van der Waals surface area (Å²) in [6, 6.07) is 15.6. The lowest BCUT2D eigenvalue weighted by atomic mass is 10.2. The molecule has 5 nitrogen and oxygen atoms in total. The lowest BCUT2D eigenvalue weighted by molar-refractivity contribution is 0.303. The second-order valence-corrected chi connectivity index (χ2v) is 5.41. The van der Waals surface area contributed by atoms with E-state index >= 15 is 0 Å². The van der Waals surface area contributed by atoms with Crippen LogP contribution in [0.5, 0.6) is 5.75 Å². The second kappa shape index (κ2) is 6.60. The van der Waals surface area contributed by atoms with Gasteiger partial charge in [-0.1, -0.05) is 29.4 Å². The summed E-state index contributed by atoms with van der Waals surface area (Å²) in [6.45, 7) is 0.114. The number of rotatable bonds is 5. The van der Waals surface area contributed by atoms with Crippen LogP contribution in [0.4, 0.5) is 15.9 Å². The van der Waals surface area contributed by atoms with Crippen LogP contribution in [0.15, 0.2) is 71.5 Å². The van der Waals surface area contributed by atoms with Crippen LogP contribution < -0.4 is 10.1 Å². The van der Waals surface area contributed by atoms with E-state index in [1.807, 2.05) is 12.1 Å². The first-order valence-corrected chi connectivity index (χ1v) is 7.73. The fraction of sp³-hybridized carbons (Fsp3) is 0.0526. The first-order valence-electron chi connectivity index (χ1n) is 7.73. The van der Waals surface area contributed by atoms with Gasteiger partial charge in [-0.3, -0.25) is 4.98 Å². The molecular formula is C19H14FN3O2. The summed E-state index contributed by atoms with van der Waals surface area (Å²) in [5.74, 6) is 0.786. The maximum Gasteiger partial charge on any atom is 0.185 e. The quantitative estimate of drug-likeness (QED) is 0.573. The van der Waals surface area contributed by atoms with Gasteiger partial charge < -0.3 is 14.6 Å². The Labute approximate surface area is 143 Å². The zero-order chi connectivity index (χ0) is 17.1. The molecule has 0 spiro atoms. The third-order valence-electron chi connectivity index (χ3n) is 3.73. The summed E-state index contributed by atoms with van der Waals surface area (Å²) in [5.41, 5.74) is 1.84. The van der Waals surface area contributed by atoms with E-state index in [-0.39, 0.29) is 12.4 Å². The van der Waals surface area contributed by atoms with Gasteiger partial charge in [0.05, 0.1) is 11.9 Å². The van der Waals surface area contributed by atoms with Gasteiger partial charge in [0.2, 0.25) is 0 Å². The van der Waals surface area contributed by atoms with Crippen molar-refractivity contribution in [1.82, 2.24) is 10.1 Å². The van der Waals surface area contributed by atoms with E-state index in [1.54, 1.807) is 48.8 Å². The van der Waals surface area contributed by atoms with Crippen LogP contribution in [0.25, 0.3) is 11.0 Å². The molecular weight excluding hydrogens is 321 g/mol. The number of pyridine rings is 1. The molecule has 2 aromatic heterocycles. The maximum absolute atomic E-state index is 13.8. The Morgan fingerprint density at radius 1 is 1.04 bits per heavy atom. The molecule has 0 saturated heterocycles. The fourth-order valence-electron chi connectivity index (χ4n) is 2.51. The summed E-state index contributed by atoms with van der Waals surface area (Å²) < 4.78 is 25.0. The van der Waals surface area contributed by atoms with E-state index in [4.69, 9.17) is 9.26 Å². The number of hydrogen-bond donors (Lipinski definition) is 1. The molecule has 2 heterocycles. The Bertz CT molecular complexity index is 1000. The minimum atomic E-state index is -0.297.